The largest absolute Gasteiger partial charge is 0.383 e. The van der Waals surface area contributed by atoms with Crippen LogP contribution in [-0.2, 0) is 4.74 Å². The van der Waals surface area contributed by atoms with Crippen molar-refractivity contribution in [2.45, 2.75) is 13.0 Å². The topological polar surface area (TPSA) is 106 Å². The first-order valence-corrected chi connectivity index (χ1v) is 7.35. The number of hydrazine groups is 1. The maximum absolute atomic E-state index is 11.9. The van der Waals surface area contributed by atoms with E-state index in [1.807, 2.05) is 6.92 Å². The lowest BCUT2D eigenvalue weighted by molar-refractivity contribution is -0.385. The first-order valence-electron chi connectivity index (χ1n) is 6.15. The molecule has 3 N–H and O–H groups in total. The first kappa shape index (κ1) is 18.3. The van der Waals surface area contributed by atoms with Gasteiger partial charge in [-0.2, -0.15) is 0 Å². The van der Waals surface area contributed by atoms with Crippen LogP contribution >= 0.6 is 28.1 Å². The van der Waals surface area contributed by atoms with Crippen molar-refractivity contribution in [3.8, 4) is 0 Å². The van der Waals surface area contributed by atoms with Crippen LogP contribution in [0.15, 0.2) is 22.7 Å². The van der Waals surface area contributed by atoms with Crippen LogP contribution in [0.4, 0.5) is 5.69 Å². The fourth-order valence-electron chi connectivity index (χ4n) is 1.53. The number of nitro benzene ring substituents is 1. The standard InChI is InChI=1S/C12H15BrN4O4S/c1-7(6-21-2)14-12(22)16-15-11(18)8-3-4-9(13)10(5-8)17(19)20/h3-5,7H,6H2,1-2H3,(H,15,18)(H2,14,16,22)/t7-/m1/s1. The number of rotatable bonds is 5. The quantitative estimate of drug-likeness (QED) is 0.397. The van der Waals surface area contributed by atoms with E-state index in [1.54, 1.807) is 7.11 Å². The summed E-state index contributed by atoms with van der Waals surface area (Å²) in [5.41, 5.74) is 4.82. The Morgan fingerprint density at radius 2 is 2.18 bits per heavy atom. The number of thiocarbonyl (C=S) groups is 1. The highest BCUT2D eigenvalue weighted by atomic mass is 79.9. The fraction of sp³-hybridized carbons (Fsp3) is 0.333. The normalized spacial score (nSPS) is 11.4. The number of methoxy groups -OCH3 is 1. The van der Waals surface area contributed by atoms with E-state index in [1.165, 1.54) is 18.2 Å². The molecule has 10 heteroatoms. The Balaban J connectivity index is 2.61. The number of benzene rings is 1. The van der Waals surface area contributed by atoms with Gasteiger partial charge in [-0.1, -0.05) is 0 Å². The summed E-state index contributed by atoms with van der Waals surface area (Å²) in [6.45, 7) is 2.31. The van der Waals surface area contributed by atoms with Crippen LogP contribution in [0.25, 0.3) is 0 Å². The zero-order valence-corrected chi connectivity index (χ0v) is 14.3. The molecule has 1 atom stereocenters. The summed E-state index contributed by atoms with van der Waals surface area (Å²) in [5.74, 6) is -0.542. The second-order valence-electron chi connectivity index (χ2n) is 4.33. The van der Waals surface area contributed by atoms with Gasteiger partial charge in [-0.3, -0.25) is 25.8 Å². The van der Waals surface area contributed by atoms with Gasteiger partial charge < -0.3 is 10.1 Å². The monoisotopic (exact) mass is 390 g/mol. The molecule has 0 bridgehead atoms. The molecule has 1 amide bonds. The smallest absolute Gasteiger partial charge is 0.284 e. The summed E-state index contributed by atoms with van der Waals surface area (Å²) in [5, 5.41) is 13.9. The van der Waals surface area contributed by atoms with Gasteiger partial charge in [0.15, 0.2) is 5.11 Å². The summed E-state index contributed by atoms with van der Waals surface area (Å²) in [6, 6.07) is 4.03. The number of halogens is 1. The molecule has 0 saturated carbocycles. The van der Waals surface area contributed by atoms with E-state index in [4.69, 9.17) is 17.0 Å². The van der Waals surface area contributed by atoms with Crippen molar-refractivity contribution < 1.29 is 14.5 Å². The van der Waals surface area contributed by atoms with E-state index < -0.39 is 10.8 Å². The Kier molecular flexibility index (Phi) is 7.15. The summed E-state index contributed by atoms with van der Waals surface area (Å²) in [4.78, 5) is 22.2. The van der Waals surface area contributed by atoms with Crippen molar-refractivity contribution in [3.05, 3.63) is 38.3 Å². The lowest BCUT2D eigenvalue weighted by Crippen LogP contribution is -2.49. The molecule has 0 aromatic heterocycles. The van der Waals surface area contributed by atoms with Crippen LogP contribution in [0.5, 0.6) is 0 Å². The summed E-state index contributed by atoms with van der Waals surface area (Å²) in [6.07, 6.45) is 0. The third-order valence-corrected chi connectivity index (χ3v) is 3.38. The average molecular weight is 391 g/mol. The highest BCUT2D eigenvalue weighted by molar-refractivity contribution is 9.10. The molecule has 0 saturated heterocycles. The van der Waals surface area contributed by atoms with Gasteiger partial charge in [0.25, 0.3) is 11.6 Å². The number of hydrogen-bond donors (Lipinski definition) is 3. The van der Waals surface area contributed by atoms with Gasteiger partial charge in [-0.15, -0.1) is 0 Å². The maximum atomic E-state index is 11.9. The predicted octanol–water partition coefficient (Wildman–Crippen LogP) is 1.50. The van der Waals surface area contributed by atoms with Crippen LogP contribution in [0.3, 0.4) is 0 Å². The molecule has 22 heavy (non-hydrogen) atoms. The Hall–Kier alpha value is -1.78. The van der Waals surface area contributed by atoms with Gasteiger partial charge in [0.05, 0.1) is 16.0 Å². The minimum absolute atomic E-state index is 0.0318. The Morgan fingerprint density at radius 3 is 2.77 bits per heavy atom. The zero-order valence-electron chi connectivity index (χ0n) is 11.9. The Bertz CT molecular complexity index is 584. The van der Waals surface area contributed by atoms with Crippen molar-refractivity contribution in [1.29, 1.82) is 0 Å². The lowest BCUT2D eigenvalue weighted by Gasteiger charge is -2.16. The van der Waals surface area contributed by atoms with Crippen molar-refractivity contribution >= 4 is 44.9 Å². The van der Waals surface area contributed by atoms with Crippen molar-refractivity contribution in [1.82, 2.24) is 16.2 Å². The third-order valence-electron chi connectivity index (χ3n) is 2.49. The number of nitrogens with one attached hydrogen (secondary N) is 3. The predicted molar refractivity (Wildman–Crippen MR) is 88.5 cm³/mol. The molecule has 0 aliphatic rings. The van der Waals surface area contributed by atoms with Crippen LogP contribution in [0.1, 0.15) is 17.3 Å². The maximum Gasteiger partial charge on any atom is 0.284 e. The Labute approximate surface area is 140 Å². The number of carbonyl (C=O) groups excluding carboxylic acids is 1. The fourth-order valence-corrected chi connectivity index (χ4v) is 2.17. The molecule has 0 spiro atoms. The number of carbonyl (C=O) groups is 1. The van der Waals surface area contributed by atoms with Crippen LogP contribution in [0.2, 0.25) is 0 Å². The van der Waals surface area contributed by atoms with Crippen LogP contribution < -0.4 is 16.2 Å². The molecule has 0 heterocycles. The minimum Gasteiger partial charge on any atom is -0.383 e. The zero-order chi connectivity index (χ0) is 16.7. The number of amides is 1. The van der Waals surface area contributed by atoms with Gasteiger partial charge in [-0.25, -0.2) is 0 Å². The van der Waals surface area contributed by atoms with Gasteiger partial charge in [0.1, 0.15) is 0 Å². The molecule has 8 nitrogen and oxygen atoms in total. The number of ether oxygens (including phenoxy) is 1. The SMILES string of the molecule is COC[C@@H](C)NC(=S)NNC(=O)c1ccc(Br)c([N+](=O)[O-])c1. The third kappa shape index (κ3) is 5.54. The molecule has 0 aliphatic carbocycles. The van der Waals surface area contributed by atoms with Gasteiger partial charge in [-0.05, 0) is 47.2 Å². The molecule has 1 aromatic carbocycles. The molecule has 0 radical (unpaired) electrons. The van der Waals surface area contributed by atoms with Gasteiger partial charge in [0.2, 0.25) is 0 Å². The average Bonchev–Trinajstić information content (AvgIpc) is 2.45. The lowest BCUT2D eigenvalue weighted by atomic mass is 10.2. The molecule has 1 rings (SSSR count). The second-order valence-corrected chi connectivity index (χ2v) is 5.59. The van der Waals surface area contributed by atoms with E-state index in [-0.39, 0.29) is 22.4 Å². The van der Waals surface area contributed by atoms with E-state index in [0.717, 1.165) is 0 Å². The van der Waals surface area contributed by atoms with Crippen LogP contribution in [0, 0.1) is 10.1 Å². The second kappa shape index (κ2) is 8.61. The highest BCUT2D eigenvalue weighted by Gasteiger charge is 2.16. The van der Waals surface area contributed by atoms with E-state index in [9.17, 15) is 14.9 Å². The molecule has 1 aromatic rings. The molecule has 0 aliphatic heterocycles. The van der Waals surface area contributed by atoms with Crippen molar-refractivity contribution in [2.24, 2.45) is 0 Å². The number of hydrogen-bond acceptors (Lipinski definition) is 5. The van der Waals surface area contributed by atoms with Crippen molar-refractivity contribution in [3.63, 3.8) is 0 Å². The molecule has 0 fully saturated rings. The summed E-state index contributed by atoms with van der Waals surface area (Å²) < 4.78 is 5.24. The summed E-state index contributed by atoms with van der Waals surface area (Å²) in [7, 11) is 1.57. The molecular weight excluding hydrogens is 376 g/mol. The summed E-state index contributed by atoms with van der Waals surface area (Å²) >= 11 is 8.05. The minimum atomic E-state index is -0.576. The highest BCUT2D eigenvalue weighted by Crippen LogP contribution is 2.25. The van der Waals surface area contributed by atoms with E-state index in [2.05, 4.69) is 32.1 Å². The Morgan fingerprint density at radius 1 is 1.50 bits per heavy atom. The van der Waals surface area contributed by atoms with Crippen molar-refractivity contribution in [2.75, 3.05) is 13.7 Å². The number of nitro groups is 1. The molecule has 120 valence electrons. The molecule has 0 unspecified atom stereocenters. The van der Waals surface area contributed by atoms with Gasteiger partial charge in [0, 0.05) is 24.8 Å². The molecular formula is C12H15BrN4O4S. The van der Waals surface area contributed by atoms with Gasteiger partial charge >= 0.3 is 0 Å². The van der Waals surface area contributed by atoms with E-state index >= 15 is 0 Å². The first-order chi connectivity index (χ1) is 10.3. The number of nitrogens with zero attached hydrogens (tertiary/aromatic N) is 1. The van der Waals surface area contributed by atoms with Crippen LogP contribution in [-0.4, -0.2) is 35.7 Å². The van der Waals surface area contributed by atoms with E-state index in [0.29, 0.717) is 11.1 Å².